The van der Waals surface area contributed by atoms with Crippen molar-refractivity contribution in [2.45, 2.75) is 19.4 Å². The van der Waals surface area contributed by atoms with Crippen LogP contribution < -0.4 is 10.5 Å². The number of ether oxygens (including phenoxy) is 1. The first-order valence-corrected chi connectivity index (χ1v) is 7.78. The molecule has 1 heterocycles. The van der Waals surface area contributed by atoms with Gasteiger partial charge in [0.2, 0.25) is 0 Å². The van der Waals surface area contributed by atoms with E-state index in [-0.39, 0.29) is 17.1 Å². The van der Waals surface area contributed by atoms with Crippen LogP contribution in [0.4, 0.5) is 18.9 Å². The van der Waals surface area contributed by atoms with Gasteiger partial charge in [-0.1, -0.05) is 0 Å². The summed E-state index contributed by atoms with van der Waals surface area (Å²) in [6.45, 7) is 3.31. The van der Waals surface area contributed by atoms with Crippen molar-refractivity contribution < 1.29 is 17.9 Å². The minimum absolute atomic E-state index is 0.125. The lowest BCUT2D eigenvalue weighted by molar-refractivity contribution is 0.0892. The Morgan fingerprint density at radius 1 is 1.00 bits per heavy atom. The molecule has 3 aromatic rings. The molecule has 0 atom stereocenters. The average molecular weight is 362 g/mol. The van der Waals surface area contributed by atoms with E-state index in [1.54, 1.807) is 31.5 Å². The van der Waals surface area contributed by atoms with E-state index >= 15 is 0 Å². The lowest BCUT2D eigenvalue weighted by atomic mass is 10.1. The van der Waals surface area contributed by atoms with E-state index in [4.69, 9.17) is 10.5 Å². The first-order chi connectivity index (χ1) is 12.2. The van der Waals surface area contributed by atoms with Gasteiger partial charge in [-0.15, -0.1) is 10.2 Å². The minimum Gasteiger partial charge on any atom is -0.477 e. The quantitative estimate of drug-likeness (QED) is 0.717. The molecule has 8 heteroatoms. The number of aromatic nitrogens is 3. The number of nitrogens with two attached hydrogens (primary N) is 1. The molecule has 0 fully saturated rings. The van der Waals surface area contributed by atoms with Gasteiger partial charge in [-0.05, 0) is 44.2 Å². The molecule has 0 radical (unpaired) electrons. The third kappa shape index (κ3) is 3.22. The molecule has 2 N–H and O–H groups in total. The Morgan fingerprint density at radius 3 is 2.38 bits per heavy atom. The Kier molecular flexibility index (Phi) is 4.35. The van der Waals surface area contributed by atoms with Crippen LogP contribution in [0.1, 0.15) is 19.7 Å². The van der Waals surface area contributed by atoms with Crippen LogP contribution in [0.3, 0.4) is 0 Å². The number of nitrogen functional groups attached to an aromatic ring is 1. The van der Waals surface area contributed by atoms with Gasteiger partial charge in [-0.3, -0.25) is 0 Å². The van der Waals surface area contributed by atoms with Gasteiger partial charge in [-0.25, -0.2) is 13.2 Å². The van der Waals surface area contributed by atoms with Gasteiger partial charge in [-0.2, -0.15) is 0 Å². The van der Waals surface area contributed by atoms with E-state index in [1.165, 1.54) is 18.2 Å². The lowest BCUT2D eigenvalue weighted by Crippen LogP contribution is -2.29. The SMILES string of the molecule is Cn1c(-c2ccc(N)cc2F)nnc1C(C)(C)Oc1ccc(F)cc1F. The van der Waals surface area contributed by atoms with E-state index in [9.17, 15) is 13.2 Å². The fourth-order valence-corrected chi connectivity index (χ4v) is 2.68. The second-order valence-corrected chi connectivity index (χ2v) is 6.33. The summed E-state index contributed by atoms with van der Waals surface area (Å²) in [7, 11) is 1.65. The molecule has 136 valence electrons. The fourth-order valence-electron chi connectivity index (χ4n) is 2.68. The summed E-state index contributed by atoms with van der Waals surface area (Å²) in [6, 6.07) is 7.29. The maximum Gasteiger partial charge on any atom is 0.176 e. The molecule has 5 nitrogen and oxygen atoms in total. The first kappa shape index (κ1) is 17.8. The van der Waals surface area contributed by atoms with Crippen LogP contribution in [0.2, 0.25) is 0 Å². The lowest BCUT2D eigenvalue weighted by Gasteiger charge is -2.25. The number of nitrogens with zero attached hydrogens (tertiary/aromatic N) is 3. The van der Waals surface area contributed by atoms with Crippen molar-refractivity contribution in [3.8, 4) is 17.1 Å². The third-order valence-corrected chi connectivity index (χ3v) is 3.91. The van der Waals surface area contributed by atoms with Crippen molar-refractivity contribution in [3.05, 3.63) is 59.7 Å². The zero-order valence-electron chi connectivity index (χ0n) is 14.4. The highest BCUT2D eigenvalue weighted by atomic mass is 19.1. The molecule has 0 saturated carbocycles. The van der Waals surface area contributed by atoms with E-state index in [2.05, 4.69) is 10.2 Å². The number of hydrogen-bond acceptors (Lipinski definition) is 4. The maximum atomic E-state index is 14.2. The second kappa shape index (κ2) is 6.36. The van der Waals surface area contributed by atoms with Gasteiger partial charge in [0.05, 0.1) is 5.56 Å². The summed E-state index contributed by atoms with van der Waals surface area (Å²) < 4.78 is 48.4. The summed E-state index contributed by atoms with van der Waals surface area (Å²) in [4.78, 5) is 0. The number of rotatable bonds is 4. The van der Waals surface area contributed by atoms with Gasteiger partial charge in [0.1, 0.15) is 11.6 Å². The van der Waals surface area contributed by atoms with Crippen LogP contribution >= 0.6 is 0 Å². The molecule has 1 aromatic heterocycles. The molecule has 0 aliphatic heterocycles. The van der Waals surface area contributed by atoms with E-state index in [0.29, 0.717) is 11.5 Å². The van der Waals surface area contributed by atoms with Crippen molar-refractivity contribution in [1.29, 1.82) is 0 Å². The predicted octanol–water partition coefficient (Wildman–Crippen LogP) is 3.80. The molecule has 3 rings (SSSR count). The zero-order valence-corrected chi connectivity index (χ0v) is 14.4. The summed E-state index contributed by atoms with van der Waals surface area (Å²) in [5.41, 5.74) is 4.98. The van der Waals surface area contributed by atoms with Crippen LogP contribution in [0, 0.1) is 17.5 Å². The highest BCUT2D eigenvalue weighted by Crippen LogP contribution is 2.31. The minimum atomic E-state index is -1.11. The van der Waals surface area contributed by atoms with E-state index in [1.807, 2.05) is 0 Å². The monoisotopic (exact) mass is 362 g/mol. The second-order valence-electron chi connectivity index (χ2n) is 6.33. The molecular formula is C18H17F3N4O. The molecule has 0 amide bonds. The van der Waals surface area contributed by atoms with Crippen molar-refractivity contribution >= 4 is 5.69 Å². The molecule has 0 bridgehead atoms. The molecular weight excluding hydrogens is 345 g/mol. The van der Waals surface area contributed by atoms with E-state index in [0.717, 1.165) is 12.1 Å². The highest BCUT2D eigenvalue weighted by molar-refractivity contribution is 5.60. The van der Waals surface area contributed by atoms with Crippen LogP contribution in [0.15, 0.2) is 36.4 Å². The largest absolute Gasteiger partial charge is 0.477 e. The molecule has 26 heavy (non-hydrogen) atoms. The molecule has 2 aromatic carbocycles. The zero-order chi connectivity index (χ0) is 19.1. The Balaban J connectivity index is 1.97. The van der Waals surface area contributed by atoms with Gasteiger partial charge >= 0.3 is 0 Å². The predicted molar refractivity (Wildman–Crippen MR) is 90.8 cm³/mol. The Morgan fingerprint density at radius 2 is 1.73 bits per heavy atom. The standard InChI is InChI=1S/C18H17F3N4O/c1-18(2,26-15-7-4-10(19)8-14(15)21)17-24-23-16(25(17)3)12-6-5-11(22)9-13(12)20/h4-9H,22H2,1-3H3. The van der Waals surface area contributed by atoms with Gasteiger partial charge in [0, 0.05) is 18.8 Å². The topological polar surface area (TPSA) is 66.0 Å². The molecule has 0 spiro atoms. The Labute approximate surface area is 148 Å². The molecule has 0 aliphatic carbocycles. The molecule has 0 saturated heterocycles. The summed E-state index contributed by atoms with van der Waals surface area (Å²) in [5.74, 6) is -1.58. The number of halogens is 3. The van der Waals surface area contributed by atoms with Crippen LogP contribution in [-0.4, -0.2) is 14.8 Å². The average Bonchev–Trinajstić information content (AvgIpc) is 2.92. The Bertz CT molecular complexity index is 969. The van der Waals surface area contributed by atoms with E-state index < -0.39 is 23.1 Å². The van der Waals surface area contributed by atoms with Crippen molar-refractivity contribution in [3.63, 3.8) is 0 Å². The molecule has 0 unspecified atom stereocenters. The van der Waals surface area contributed by atoms with Crippen LogP contribution in [0.5, 0.6) is 5.75 Å². The van der Waals surface area contributed by atoms with Crippen molar-refractivity contribution in [2.75, 3.05) is 5.73 Å². The number of anilines is 1. The van der Waals surface area contributed by atoms with Gasteiger partial charge in [0.25, 0.3) is 0 Å². The highest BCUT2D eigenvalue weighted by Gasteiger charge is 2.31. The number of hydrogen-bond donors (Lipinski definition) is 1. The summed E-state index contributed by atoms with van der Waals surface area (Å²) in [6.07, 6.45) is 0. The van der Waals surface area contributed by atoms with Crippen LogP contribution in [-0.2, 0) is 12.6 Å². The number of benzene rings is 2. The van der Waals surface area contributed by atoms with Crippen LogP contribution in [0.25, 0.3) is 11.4 Å². The van der Waals surface area contributed by atoms with Crippen molar-refractivity contribution in [2.24, 2.45) is 7.05 Å². The van der Waals surface area contributed by atoms with Gasteiger partial charge < -0.3 is 15.0 Å². The summed E-state index contributed by atoms with van der Waals surface area (Å²) in [5, 5.41) is 8.08. The Hall–Kier alpha value is -3.03. The summed E-state index contributed by atoms with van der Waals surface area (Å²) >= 11 is 0. The third-order valence-electron chi connectivity index (χ3n) is 3.91. The smallest absolute Gasteiger partial charge is 0.176 e. The normalized spacial score (nSPS) is 11.6. The molecule has 0 aliphatic rings. The fraction of sp³-hybridized carbons (Fsp3) is 0.222. The first-order valence-electron chi connectivity index (χ1n) is 7.78. The maximum absolute atomic E-state index is 14.2. The van der Waals surface area contributed by atoms with Gasteiger partial charge in [0.15, 0.2) is 28.8 Å². The van der Waals surface area contributed by atoms with Crippen molar-refractivity contribution in [1.82, 2.24) is 14.8 Å².